The average molecular weight is 597 g/mol. The molecule has 0 bridgehead atoms. The molecular weight excluding hydrogens is 556 g/mol. The van der Waals surface area contributed by atoms with E-state index in [0.717, 1.165) is 34.4 Å². The van der Waals surface area contributed by atoms with E-state index in [2.05, 4.69) is 127 Å². The summed E-state index contributed by atoms with van der Waals surface area (Å²) < 4.78 is 12.4. The molecule has 7 rings (SSSR count). The first-order valence-corrected chi connectivity index (χ1v) is 16.1. The van der Waals surface area contributed by atoms with Crippen LogP contribution in [-0.2, 0) is 10.2 Å². The fourth-order valence-corrected chi connectivity index (χ4v) is 8.19. The van der Waals surface area contributed by atoms with Crippen molar-refractivity contribution in [3.05, 3.63) is 156 Å². The van der Waals surface area contributed by atoms with Gasteiger partial charge in [-0.05, 0) is 70.1 Å². The Morgan fingerprint density at radius 2 is 1.31 bits per heavy atom. The summed E-state index contributed by atoms with van der Waals surface area (Å²) >= 11 is 0. The first kappa shape index (κ1) is 29.5. The lowest BCUT2D eigenvalue weighted by Crippen LogP contribution is -2.40. The third-order valence-corrected chi connectivity index (χ3v) is 9.95. The zero-order valence-electron chi connectivity index (χ0n) is 25.4. The predicted octanol–water partition coefficient (Wildman–Crippen LogP) is 7.48. The molecule has 0 saturated heterocycles. The zero-order chi connectivity index (χ0) is 30.6. The first-order valence-electron chi connectivity index (χ1n) is 16.1. The third-order valence-electron chi connectivity index (χ3n) is 9.95. The maximum atomic E-state index is 9.61. The Morgan fingerprint density at radius 3 is 1.96 bits per heavy atom. The van der Waals surface area contributed by atoms with Crippen LogP contribution in [0.4, 0.5) is 0 Å². The lowest BCUT2D eigenvalue weighted by molar-refractivity contribution is 0.0603. The Kier molecular flexibility index (Phi) is 8.53. The summed E-state index contributed by atoms with van der Waals surface area (Å²) in [4.78, 5) is 0. The lowest BCUT2D eigenvalue weighted by Gasteiger charge is -2.44. The fraction of sp³-hybridized carbons (Fsp3) is 0.268. The van der Waals surface area contributed by atoms with Crippen LogP contribution < -0.4 is 4.74 Å². The number of hydrogen-bond acceptors (Lipinski definition) is 4. The first-order chi connectivity index (χ1) is 22.3. The van der Waals surface area contributed by atoms with E-state index in [-0.39, 0.29) is 43.2 Å². The predicted molar refractivity (Wildman–Crippen MR) is 181 cm³/mol. The van der Waals surface area contributed by atoms with Gasteiger partial charge in [0.1, 0.15) is 12.4 Å². The molecule has 0 aliphatic heterocycles. The molecule has 0 amide bonds. The highest BCUT2D eigenvalue weighted by Gasteiger charge is 2.60. The zero-order valence-corrected chi connectivity index (χ0v) is 25.4. The molecule has 4 aliphatic carbocycles. The van der Waals surface area contributed by atoms with Gasteiger partial charge in [0.2, 0.25) is 0 Å². The molecule has 45 heavy (non-hydrogen) atoms. The number of hydrogen-bond donors (Lipinski definition) is 2. The minimum Gasteiger partial charge on any atom is -0.491 e. The van der Waals surface area contributed by atoms with Crippen LogP contribution in [0.5, 0.6) is 5.75 Å². The van der Waals surface area contributed by atoms with E-state index in [0.29, 0.717) is 18.4 Å². The van der Waals surface area contributed by atoms with Crippen LogP contribution in [0.2, 0.25) is 0 Å². The summed E-state index contributed by atoms with van der Waals surface area (Å²) in [6, 6.07) is 27.6. The van der Waals surface area contributed by atoms with Crippen molar-refractivity contribution >= 4 is 5.57 Å². The maximum absolute atomic E-state index is 9.61. The Hall–Kier alpha value is -4.22. The van der Waals surface area contributed by atoms with Gasteiger partial charge in [0.05, 0.1) is 25.9 Å². The van der Waals surface area contributed by atoms with Crippen molar-refractivity contribution in [1.82, 2.24) is 0 Å². The molecule has 0 heterocycles. The summed E-state index contributed by atoms with van der Waals surface area (Å²) in [6.45, 7) is 0.495. The lowest BCUT2D eigenvalue weighted by atomic mass is 9.59. The van der Waals surface area contributed by atoms with Gasteiger partial charge in [0.25, 0.3) is 0 Å². The molecule has 2 N–H and O–H groups in total. The topological polar surface area (TPSA) is 58.9 Å². The number of aliphatic hydroxyl groups excluding tert-OH is 2. The minimum absolute atomic E-state index is 0.00614. The second-order valence-electron chi connectivity index (χ2n) is 12.2. The number of ether oxygens (including phenoxy) is 2. The van der Waals surface area contributed by atoms with Crippen LogP contribution in [-0.4, -0.2) is 42.7 Å². The fourth-order valence-electron chi connectivity index (χ4n) is 8.19. The number of fused-ring (bicyclic) bond motifs is 3. The van der Waals surface area contributed by atoms with Gasteiger partial charge in [-0.2, -0.15) is 0 Å². The Bertz CT molecular complexity index is 1640. The van der Waals surface area contributed by atoms with Crippen LogP contribution in [0, 0.1) is 23.7 Å². The van der Waals surface area contributed by atoms with Crippen molar-refractivity contribution in [3.8, 4) is 16.9 Å². The van der Waals surface area contributed by atoms with Gasteiger partial charge in [-0.1, -0.05) is 127 Å². The largest absolute Gasteiger partial charge is 0.491 e. The molecule has 1 saturated carbocycles. The number of aliphatic hydroxyl groups is 2. The minimum atomic E-state index is -0.362. The second kappa shape index (κ2) is 13.0. The summed E-state index contributed by atoms with van der Waals surface area (Å²) in [5.74, 6) is 1.93. The Labute approximate surface area is 266 Å². The van der Waals surface area contributed by atoms with Crippen LogP contribution >= 0.6 is 0 Å². The molecule has 4 nitrogen and oxygen atoms in total. The van der Waals surface area contributed by atoms with Crippen LogP contribution in [0.1, 0.15) is 17.5 Å². The number of rotatable bonds is 10. The summed E-state index contributed by atoms with van der Waals surface area (Å²) in [7, 11) is 0. The molecule has 0 radical (unpaired) electrons. The van der Waals surface area contributed by atoms with Gasteiger partial charge in [-0.3, -0.25) is 0 Å². The molecule has 4 heteroatoms. The molecule has 3 aromatic carbocycles. The standard InChI is InChI=1S/C41H40O4/c42-23-25-44-39-21-19-31(27-35(39)29-11-3-1-4-12-29)41(37-17-9-7-15-33(37)34-16-8-10-18-38(34)41)32-20-22-40(45-26-24-43)36(28-32)30-13-5-2-6-14-30/h1-21,27-28,33-34,37-38,40,42-43H,22-26H2. The van der Waals surface area contributed by atoms with E-state index < -0.39 is 0 Å². The normalized spacial score (nSPS) is 27.9. The quantitative estimate of drug-likeness (QED) is 0.255. The molecule has 0 spiro atoms. The Morgan fingerprint density at radius 1 is 0.689 bits per heavy atom. The van der Waals surface area contributed by atoms with Crippen molar-refractivity contribution in [2.75, 3.05) is 26.4 Å². The molecule has 5 unspecified atom stereocenters. The van der Waals surface area contributed by atoms with E-state index in [1.807, 2.05) is 12.1 Å². The molecule has 1 fully saturated rings. The smallest absolute Gasteiger partial charge is 0.127 e. The van der Waals surface area contributed by atoms with Crippen LogP contribution in [0.25, 0.3) is 16.7 Å². The molecule has 0 aromatic heterocycles. The van der Waals surface area contributed by atoms with Crippen molar-refractivity contribution in [3.63, 3.8) is 0 Å². The van der Waals surface area contributed by atoms with E-state index >= 15 is 0 Å². The van der Waals surface area contributed by atoms with Crippen LogP contribution in [0.3, 0.4) is 0 Å². The molecule has 5 atom stereocenters. The van der Waals surface area contributed by atoms with Crippen LogP contribution in [0.15, 0.2) is 145 Å². The van der Waals surface area contributed by atoms with Crippen molar-refractivity contribution in [2.45, 2.75) is 17.9 Å². The van der Waals surface area contributed by atoms with Gasteiger partial charge < -0.3 is 19.7 Å². The van der Waals surface area contributed by atoms with Gasteiger partial charge in [0.15, 0.2) is 0 Å². The number of benzene rings is 3. The molecular formula is C41H40O4. The van der Waals surface area contributed by atoms with Gasteiger partial charge in [-0.25, -0.2) is 0 Å². The highest BCUT2D eigenvalue weighted by Crippen LogP contribution is 2.64. The van der Waals surface area contributed by atoms with E-state index in [1.165, 1.54) is 11.1 Å². The molecule has 4 aliphatic rings. The molecule has 3 aromatic rings. The summed E-state index contributed by atoms with van der Waals surface area (Å²) in [5, 5.41) is 19.2. The number of allylic oxidation sites excluding steroid dienone is 10. The third kappa shape index (κ3) is 5.27. The molecule has 228 valence electrons. The highest BCUT2D eigenvalue weighted by molar-refractivity contribution is 5.76. The van der Waals surface area contributed by atoms with Gasteiger partial charge >= 0.3 is 0 Å². The van der Waals surface area contributed by atoms with Gasteiger partial charge in [0, 0.05) is 11.0 Å². The van der Waals surface area contributed by atoms with Crippen molar-refractivity contribution in [2.24, 2.45) is 23.7 Å². The van der Waals surface area contributed by atoms with Crippen molar-refractivity contribution < 1.29 is 19.7 Å². The summed E-state index contributed by atoms with van der Waals surface area (Å²) in [5.41, 5.74) is 6.60. The van der Waals surface area contributed by atoms with Crippen molar-refractivity contribution in [1.29, 1.82) is 0 Å². The maximum Gasteiger partial charge on any atom is 0.127 e. The highest BCUT2D eigenvalue weighted by atomic mass is 16.5. The van der Waals surface area contributed by atoms with Gasteiger partial charge in [-0.15, -0.1) is 0 Å². The monoisotopic (exact) mass is 596 g/mol. The average Bonchev–Trinajstić information content (AvgIpc) is 3.41. The van der Waals surface area contributed by atoms with E-state index in [1.54, 1.807) is 0 Å². The summed E-state index contributed by atoms with van der Waals surface area (Å²) in [6.07, 6.45) is 23.9. The van der Waals surface area contributed by atoms with E-state index in [4.69, 9.17) is 9.47 Å². The SMILES string of the molecule is OCCOc1ccc(C2(C3=CCC(OCCO)C(c4ccccc4)=C3)C3C=CC=CC3C3C=CC=CC32)cc1-c1ccccc1. The second-order valence-corrected chi connectivity index (χ2v) is 12.2. The van der Waals surface area contributed by atoms with E-state index in [9.17, 15) is 10.2 Å². The Balaban J connectivity index is 1.46.